The Labute approximate surface area is 72.0 Å². The average molecular weight is 174 g/mol. The van der Waals surface area contributed by atoms with E-state index in [-0.39, 0.29) is 5.97 Å². The molecule has 0 atom stereocenters. The Balaban J connectivity index is 3.71. The molecule has 0 amide bonds. The van der Waals surface area contributed by atoms with Gasteiger partial charge in [-0.05, 0) is 24.5 Å². The summed E-state index contributed by atoms with van der Waals surface area (Å²) in [6, 6.07) is 0. The van der Waals surface area contributed by atoms with Crippen LogP contribution in [0.15, 0.2) is 11.0 Å². The molecular formula is C8H14O2S. The van der Waals surface area contributed by atoms with Crippen LogP contribution in [0.4, 0.5) is 0 Å². The summed E-state index contributed by atoms with van der Waals surface area (Å²) in [7, 11) is 1.39. The first-order valence-electron chi connectivity index (χ1n) is 3.59. The van der Waals surface area contributed by atoms with Gasteiger partial charge in [0, 0.05) is 5.57 Å². The Morgan fingerprint density at radius 1 is 1.64 bits per heavy atom. The molecule has 0 bridgehead atoms. The molecule has 2 nitrogen and oxygen atoms in total. The lowest BCUT2D eigenvalue weighted by atomic mass is 10.4. The maximum Gasteiger partial charge on any atom is 0.333 e. The van der Waals surface area contributed by atoms with E-state index in [0.29, 0.717) is 5.57 Å². The number of rotatable bonds is 4. The van der Waals surface area contributed by atoms with E-state index in [4.69, 9.17) is 0 Å². The second kappa shape index (κ2) is 6.28. The molecule has 0 aromatic heterocycles. The maximum absolute atomic E-state index is 10.8. The molecule has 0 radical (unpaired) electrons. The van der Waals surface area contributed by atoms with Crippen LogP contribution in [0.3, 0.4) is 0 Å². The molecule has 0 aliphatic carbocycles. The van der Waals surface area contributed by atoms with Crippen LogP contribution in [-0.2, 0) is 9.53 Å². The van der Waals surface area contributed by atoms with Gasteiger partial charge in [0.15, 0.2) is 0 Å². The smallest absolute Gasteiger partial charge is 0.333 e. The van der Waals surface area contributed by atoms with Gasteiger partial charge in [0.25, 0.3) is 0 Å². The van der Waals surface area contributed by atoms with Crippen molar-refractivity contribution in [3.63, 3.8) is 0 Å². The summed E-state index contributed by atoms with van der Waals surface area (Å²) in [6.07, 6.45) is 1.12. The summed E-state index contributed by atoms with van der Waals surface area (Å²) in [5.41, 5.74) is 0.672. The quantitative estimate of drug-likeness (QED) is 0.371. The molecule has 64 valence electrons. The van der Waals surface area contributed by atoms with Crippen molar-refractivity contribution in [2.75, 3.05) is 12.9 Å². The molecule has 0 rings (SSSR count). The van der Waals surface area contributed by atoms with Crippen LogP contribution in [0.5, 0.6) is 0 Å². The Morgan fingerprint density at radius 2 is 2.27 bits per heavy atom. The SMILES string of the molecule is CCCSC=C(C)C(=O)OC. The van der Waals surface area contributed by atoms with Gasteiger partial charge in [-0.1, -0.05) is 6.92 Å². The predicted octanol–water partition coefficient (Wildman–Crippen LogP) is 2.21. The number of esters is 1. The lowest BCUT2D eigenvalue weighted by Crippen LogP contribution is -2.00. The van der Waals surface area contributed by atoms with Crippen LogP contribution >= 0.6 is 11.8 Å². The fraction of sp³-hybridized carbons (Fsp3) is 0.625. The van der Waals surface area contributed by atoms with E-state index in [1.54, 1.807) is 18.7 Å². The zero-order chi connectivity index (χ0) is 8.69. The summed E-state index contributed by atoms with van der Waals surface area (Å²) < 4.78 is 4.52. The molecule has 3 heteroatoms. The standard InChI is InChI=1S/C8H14O2S/c1-4-5-11-6-7(2)8(9)10-3/h6H,4-5H2,1-3H3. The number of carbonyl (C=O) groups is 1. The van der Waals surface area contributed by atoms with Gasteiger partial charge in [-0.15, -0.1) is 11.8 Å². The zero-order valence-corrected chi connectivity index (χ0v) is 8.03. The molecule has 0 aliphatic rings. The summed E-state index contributed by atoms with van der Waals surface area (Å²) >= 11 is 1.64. The van der Waals surface area contributed by atoms with Crippen LogP contribution in [0.2, 0.25) is 0 Å². The van der Waals surface area contributed by atoms with Crippen molar-refractivity contribution >= 4 is 17.7 Å². The summed E-state index contributed by atoms with van der Waals surface area (Å²) in [4.78, 5) is 10.8. The van der Waals surface area contributed by atoms with Crippen LogP contribution in [0.25, 0.3) is 0 Å². The fourth-order valence-electron chi connectivity index (χ4n) is 0.511. The fourth-order valence-corrected chi connectivity index (χ4v) is 1.21. The van der Waals surface area contributed by atoms with Crippen molar-refractivity contribution in [3.8, 4) is 0 Å². The van der Waals surface area contributed by atoms with Crippen LogP contribution in [-0.4, -0.2) is 18.8 Å². The number of hydrogen-bond donors (Lipinski definition) is 0. The molecule has 11 heavy (non-hydrogen) atoms. The van der Waals surface area contributed by atoms with Crippen molar-refractivity contribution in [1.29, 1.82) is 0 Å². The van der Waals surface area contributed by atoms with Crippen molar-refractivity contribution in [1.82, 2.24) is 0 Å². The van der Waals surface area contributed by atoms with E-state index in [9.17, 15) is 4.79 Å². The van der Waals surface area contributed by atoms with Gasteiger partial charge in [-0.25, -0.2) is 4.79 Å². The average Bonchev–Trinajstić information content (AvgIpc) is 2.03. The molecule has 0 aromatic carbocycles. The van der Waals surface area contributed by atoms with Gasteiger partial charge < -0.3 is 4.74 Å². The van der Waals surface area contributed by atoms with E-state index in [1.165, 1.54) is 7.11 Å². The summed E-state index contributed by atoms with van der Waals surface area (Å²) in [5.74, 6) is 0.808. The molecule has 0 aromatic rings. The minimum atomic E-state index is -0.242. The van der Waals surface area contributed by atoms with Crippen molar-refractivity contribution in [2.24, 2.45) is 0 Å². The molecular weight excluding hydrogens is 160 g/mol. The topological polar surface area (TPSA) is 26.3 Å². The second-order valence-corrected chi connectivity index (χ2v) is 3.14. The van der Waals surface area contributed by atoms with Gasteiger partial charge >= 0.3 is 5.97 Å². The highest BCUT2D eigenvalue weighted by molar-refractivity contribution is 8.02. The van der Waals surface area contributed by atoms with Crippen molar-refractivity contribution in [2.45, 2.75) is 20.3 Å². The van der Waals surface area contributed by atoms with Crippen molar-refractivity contribution in [3.05, 3.63) is 11.0 Å². The van der Waals surface area contributed by atoms with Crippen LogP contribution in [0.1, 0.15) is 20.3 Å². The van der Waals surface area contributed by atoms with Gasteiger partial charge in [0.1, 0.15) is 0 Å². The van der Waals surface area contributed by atoms with Crippen LogP contribution < -0.4 is 0 Å². The van der Waals surface area contributed by atoms with Gasteiger partial charge in [0.05, 0.1) is 7.11 Å². The first-order chi connectivity index (χ1) is 5.22. The predicted molar refractivity (Wildman–Crippen MR) is 48.5 cm³/mol. The Bertz CT molecular complexity index is 152. The van der Waals surface area contributed by atoms with Gasteiger partial charge in [-0.2, -0.15) is 0 Å². The minimum Gasteiger partial charge on any atom is -0.466 e. The van der Waals surface area contributed by atoms with Crippen molar-refractivity contribution < 1.29 is 9.53 Å². The minimum absolute atomic E-state index is 0.242. The molecule has 0 heterocycles. The lowest BCUT2D eigenvalue weighted by Gasteiger charge is -1.97. The van der Waals surface area contributed by atoms with Crippen LogP contribution in [0, 0.1) is 0 Å². The molecule has 0 spiro atoms. The largest absolute Gasteiger partial charge is 0.466 e. The van der Waals surface area contributed by atoms with E-state index in [0.717, 1.165) is 12.2 Å². The molecule has 0 aliphatic heterocycles. The highest BCUT2D eigenvalue weighted by atomic mass is 32.2. The van der Waals surface area contributed by atoms with Gasteiger partial charge in [0.2, 0.25) is 0 Å². The number of carbonyl (C=O) groups excluding carboxylic acids is 1. The first-order valence-corrected chi connectivity index (χ1v) is 4.64. The third kappa shape index (κ3) is 4.90. The number of hydrogen-bond acceptors (Lipinski definition) is 3. The first kappa shape index (κ1) is 10.6. The third-order valence-electron chi connectivity index (χ3n) is 1.09. The summed E-state index contributed by atoms with van der Waals surface area (Å²) in [6.45, 7) is 3.86. The Hall–Kier alpha value is -0.440. The monoisotopic (exact) mass is 174 g/mol. The molecule has 0 fully saturated rings. The highest BCUT2D eigenvalue weighted by Crippen LogP contribution is 2.08. The number of methoxy groups -OCH3 is 1. The third-order valence-corrected chi connectivity index (χ3v) is 2.25. The maximum atomic E-state index is 10.8. The molecule has 0 saturated heterocycles. The lowest BCUT2D eigenvalue weighted by molar-refractivity contribution is -0.136. The second-order valence-electron chi connectivity index (χ2n) is 2.16. The normalized spacial score (nSPS) is 11.4. The molecule has 0 saturated carbocycles. The van der Waals surface area contributed by atoms with E-state index in [1.807, 2.05) is 5.41 Å². The van der Waals surface area contributed by atoms with E-state index < -0.39 is 0 Å². The number of ether oxygens (including phenoxy) is 1. The van der Waals surface area contributed by atoms with Gasteiger partial charge in [-0.3, -0.25) is 0 Å². The molecule has 0 N–H and O–H groups in total. The Morgan fingerprint density at radius 3 is 2.73 bits per heavy atom. The Kier molecular flexibility index (Phi) is 6.03. The number of thioether (sulfide) groups is 1. The molecule has 0 unspecified atom stereocenters. The highest BCUT2D eigenvalue weighted by Gasteiger charge is 2.00. The summed E-state index contributed by atoms with van der Waals surface area (Å²) in [5, 5.41) is 1.84. The van der Waals surface area contributed by atoms with E-state index in [2.05, 4.69) is 11.7 Å². The zero-order valence-electron chi connectivity index (χ0n) is 7.22. The van der Waals surface area contributed by atoms with E-state index >= 15 is 0 Å².